The molecule has 0 spiro atoms. The SMILES string of the molecule is COc1cccc(C(=O)Nc2ccnn2Cc2cccc(OC)c2OC)c1. The first kappa shape index (κ1) is 18.3. The van der Waals surface area contributed by atoms with E-state index in [1.165, 1.54) is 0 Å². The number of aromatic nitrogens is 2. The minimum Gasteiger partial charge on any atom is -0.497 e. The Morgan fingerprint density at radius 1 is 1.04 bits per heavy atom. The minimum atomic E-state index is -0.242. The summed E-state index contributed by atoms with van der Waals surface area (Å²) in [5.74, 6) is 2.24. The Bertz CT molecular complexity index is 936. The van der Waals surface area contributed by atoms with Crippen molar-refractivity contribution in [1.82, 2.24) is 9.78 Å². The standard InChI is InChI=1S/C20H21N3O4/c1-25-16-8-4-6-14(12-16)20(24)22-18-10-11-21-23(18)13-15-7-5-9-17(26-2)19(15)27-3/h4-12H,13H2,1-3H3,(H,22,24). The summed E-state index contributed by atoms with van der Waals surface area (Å²) in [5, 5.41) is 7.18. The average molecular weight is 367 g/mol. The fourth-order valence-corrected chi connectivity index (χ4v) is 2.76. The molecule has 0 aliphatic heterocycles. The third-order valence-electron chi connectivity index (χ3n) is 4.09. The Balaban J connectivity index is 1.81. The van der Waals surface area contributed by atoms with Crippen LogP contribution >= 0.6 is 0 Å². The van der Waals surface area contributed by atoms with E-state index in [1.54, 1.807) is 62.5 Å². The summed E-state index contributed by atoms with van der Waals surface area (Å²) in [6.45, 7) is 0.418. The van der Waals surface area contributed by atoms with Gasteiger partial charge in [0.15, 0.2) is 11.5 Å². The second-order valence-corrected chi connectivity index (χ2v) is 5.71. The van der Waals surface area contributed by atoms with Gasteiger partial charge in [0.1, 0.15) is 11.6 Å². The van der Waals surface area contributed by atoms with Gasteiger partial charge < -0.3 is 19.5 Å². The van der Waals surface area contributed by atoms with E-state index in [1.807, 2.05) is 18.2 Å². The Labute approximate surface area is 157 Å². The van der Waals surface area contributed by atoms with Crippen LogP contribution < -0.4 is 19.5 Å². The molecular weight excluding hydrogens is 346 g/mol. The van der Waals surface area contributed by atoms with Gasteiger partial charge in [0.25, 0.3) is 5.91 Å². The van der Waals surface area contributed by atoms with Crippen molar-refractivity contribution in [3.63, 3.8) is 0 Å². The van der Waals surface area contributed by atoms with Crippen LogP contribution in [0.1, 0.15) is 15.9 Å². The summed E-state index contributed by atoms with van der Waals surface area (Å²) in [6, 6.07) is 14.3. The van der Waals surface area contributed by atoms with Crippen molar-refractivity contribution in [2.45, 2.75) is 6.54 Å². The summed E-state index contributed by atoms with van der Waals surface area (Å²) in [7, 11) is 4.75. The van der Waals surface area contributed by atoms with E-state index in [4.69, 9.17) is 14.2 Å². The molecule has 140 valence electrons. The van der Waals surface area contributed by atoms with Crippen LogP contribution in [-0.2, 0) is 6.54 Å². The largest absolute Gasteiger partial charge is 0.497 e. The maximum atomic E-state index is 12.6. The normalized spacial score (nSPS) is 10.3. The smallest absolute Gasteiger partial charge is 0.256 e. The van der Waals surface area contributed by atoms with Gasteiger partial charge in [0.2, 0.25) is 0 Å². The molecule has 0 bridgehead atoms. The summed E-state index contributed by atoms with van der Waals surface area (Å²) in [5.41, 5.74) is 1.39. The van der Waals surface area contributed by atoms with Crippen LogP contribution in [0, 0.1) is 0 Å². The molecule has 2 aromatic carbocycles. The average Bonchev–Trinajstić information content (AvgIpc) is 3.14. The third kappa shape index (κ3) is 4.03. The van der Waals surface area contributed by atoms with E-state index in [0.717, 1.165) is 5.56 Å². The first-order chi connectivity index (χ1) is 13.2. The number of nitrogens with one attached hydrogen (secondary N) is 1. The molecule has 7 heteroatoms. The quantitative estimate of drug-likeness (QED) is 0.694. The minimum absolute atomic E-state index is 0.242. The van der Waals surface area contributed by atoms with Crippen molar-refractivity contribution < 1.29 is 19.0 Å². The summed E-state index contributed by atoms with van der Waals surface area (Å²) in [4.78, 5) is 12.6. The fourth-order valence-electron chi connectivity index (χ4n) is 2.76. The summed E-state index contributed by atoms with van der Waals surface area (Å²) in [6.07, 6.45) is 1.63. The lowest BCUT2D eigenvalue weighted by Crippen LogP contribution is -2.16. The molecule has 3 rings (SSSR count). The highest BCUT2D eigenvalue weighted by Crippen LogP contribution is 2.31. The molecule has 0 fully saturated rings. The predicted octanol–water partition coefficient (Wildman–Crippen LogP) is 3.21. The summed E-state index contributed by atoms with van der Waals surface area (Å²) >= 11 is 0. The number of methoxy groups -OCH3 is 3. The molecule has 0 aliphatic carbocycles. The van der Waals surface area contributed by atoms with E-state index >= 15 is 0 Å². The molecule has 1 heterocycles. The third-order valence-corrected chi connectivity index (χ3v) is 4.09. The maximum Gasteiger partial charge on any atom is 0.256 e. The first-order valence-electron chi connectivity index (χ1n) is 8.33. The van der Waals surface area contributed by atoms with Crippen molar-refractivity contribution in [2.75, 3.05) is 26.6 Å². The maximum absolute atomic E-state index is 12.6. The van der Waals surface area contributed by atoms with Gasteiger partial charge in [-0.1, -0.05) is 18.2 Å². The van der Waals surface area contributed by atoms with E-state index in [9.17, 15) is 4.79 Å². The summed E-state index contributed by atoms with van der Waals surface area (Å²) < 4.78 is 17.7. The molecule has 0 radical (unpaired) electrons. The van der Waals surface area contributed by atoms with Crippen LogP contribution in [0.2, 0.25) is 0 Å². The van der Waals surface area contributed by atoms with Gasteiger partial charge in [-0.2, -0.15) is 5.10 Å². The lowest BCUT2D eigenvalue weighted by atomic mass is 10.2. The van der Waals surface area contributed by atoms with Crippen LogP contribution in [0.4, 0.5) is 5.82 Å². The van der Waals surface area contributed by atoms with E-state index in [-0.39, 0.29) is 5.91 Å². The number of hydrogen-bond acceptors (Lipinski definition) is 5. The monoisotopic (exact) mass is 367 g/mol. The van der Waals surface area contributed by atoms with Gasteiger partial charge in [-0.25, -0.2) is 4.68 Å². The number of amides is 1. The van der Waals surface area contributed by atoms with Crippen molar-refractivity contribution in [3.8, 4) is 17.2 Å². The molecule has 1 N–H and O–H groups in total. The highest BCUT2D eigenvalue weighted by molar-refractivity contribution is 6.04. The number of carbonyl (C=O) groups excluding carboxylic acids is 1. The first-order valence-corrected chi connectivity index (χ1v) is 8.33. The number of nitrogens with zero attached hydrogens (tertiary/aromatic N) is 2. The second kappa shape index (κ2) is 8.27. The van der Waals surface area contributed by atoms with Crippen molar-refractivity contribution in [2.24, 2.45) is 0 Å². The van der Waals surface area contributed by atoms with Crippen molar-refractivity contribution >= 4 is 11.7 Å². The van der Waals surface area contributed by atoms with Gasteiger partial charge in [-0.05, 0) is 24.3 Å². The molecule has 27 heavy (non-hydrogen) atoms. The molecule has 0 saturated heterocycles. The molecule has 0 atom stereocenters. The Hall–Kier alpha value is -3.48. The zero-order valence-corrected chi connectivity index (χ0v) is 15.4. The van der Waals surface area contributed by atoms with Crippen LogP contribution in [0.5, 0.6) is 17.2 Å². The highest BCUT2D eigenvalue weighted by Gasteiger charge is 2.14. The topological polar surface area (TPSA) is 74.6 Å². The molecule has 0 unspecified atom stereocenters. The van der Waals surface area contributed by atoms with Crippen LogP contribution in [0.25, 0.3) is 0 Å². The number of rotatable bonds is 7. The van der Waals surface area contributed by atoms with E-state index in [2.05, 4.69) is 10.4 Å². The number of benzene rings is 2. The molecule has 1 amide bonds. The number of anilines is 1. The molecule has 1 aromatic heterocycles. The van der Waals surface area contributed by atoms with Crippen LogP contribution in [0.3, 0.4) is 0 Å². The number of carbonyl (C=O) groups is 1. The molecule has 0 saturated carbocycles. The van der Waals surface area contributed by atoms with Crippen LogP contribution in [-0.4, -0.2) is 37.0 Å². The highest BCUT2D eigenvalue weighted by atomic mass is 16.5. The van der Waals surface area contributed by atoms with Gasteiger partial charge >= 0.3 is 0 Å². The number of hydrogen-bond donors (Lipinski definition) is 1. The predicted molar refractivity (Wildman–Crippen MR) is 102 cm³/mol. The van der Waals surface area contributed by atoms with Crippen molar-refractivity contribution in [3.05, 3.63) is 65.9 Å². The zero-order chi connectivity index (χ0) is 19.2. The molecule has 3 aromatic rings. The number of para-hydroxylation sites is 1. The Morgan fingerprint density at radius 2 is 1.85 bits per heavy atom. The molecular formula is C20H21N3O4. The van der Waals surface area contributed by atoms with E-state index < -0.39 is 0 Å². The van der Waals surface area contributed by atoms with Crippen molar-refractivity contribution in [1.29, 1.82) is 0 Å². The molecule has 7 nitrogen and oxygen atoms in total. The van der Waals surface area contributed by atoms with Gasteiger partial charge in [-0.15, -0.1) is 0 Å². The fraction of sp³-hybridized carbons (Fsp3) is 0.200. The van der Waals surface area contributed by atoms with Crippen LogP contribution in [0.15, 0.2) is 54.7 Å². The number of ether oxygens (including phenoxy) is 3. The lowest BCUT2D eigenvalue weighted by molar-refractivity contribution is 0.102. The van der Waals surface area contributed by atoms with Gasteiger partial charge in [0, 0.05) is 17.2 Å². The van der Waals surface area contributed by atoms with E-state index in [0.29, 0.717) is 35.2 Å². The Morgan fingerprint density at radius 3 is 2.59 bits per heavy atom. The van der Waals surface area contributed by atoms with Gasteiger partial charge in [-0.3, -0.25) is 4.79 Å². The second-order valence-electron chi connectivity index (χ2n) is 5.71. The molecule has 0 aliphatic rings. The van der Waals surface area contributed by atoms with Gasteiger partial charge in [0.05, 0.1) is 34.1 Å². The zero-order valence-electron chi connectivity index (χ0n) is 15.4. The Kier molecular flexibility index (Phi) is 5.61. The lowest BCUT2D eigenvalue weighted by Gasteiger charge is -2.14.